The average Bonchev–Trinajstić information content (AvgIpc) is 2.39. The van der Waals surface area contributed by atoms with Crippen LogP contribution in [0.25, 0.3) is 0 Å². The van der Waals surface area contributed by atoms with Crippen molar-refractivity contribution < 1.29 is 4.74 Å². The highest BCUT2D eigenvalue weighted by Crippen LogP contribution is 2.27. The lowest BCUT2D eigenvalue weighted by molar-refractivity contribution is 0.210. The molecule has 0 atom stereocenters. The van der Waals surface area contributed by atoms with Crippen molar-refractivity contribution in [2.24, 2.45) is 11.8 Å². The second-order valence-electron chi connectivity index (χ2n) is 6.07. The zero-order valence-corrected chi connectivity index (χ0v) is 13.9. The molecule has 0 bridgehead atoms. The van der Waals surface area contributed by atoms with Crippen molar-refractivity contribution in [1.82, 2.24) is 9.97 Å². The molecule has 3 N–H and O–H groups in total. The Morgan fingerprint density at radius 1 is 1.19 bits per heavy atom. The number of aromatic nitrogens is 2. The Balaban J connectivity index is 2.93. The van der Waals surface area contributed by atoms with E-state index in [0.717, 1.165) is 18.9 Å². The summed E-state index contributed by atoms with van der Waals surface area (Å²) in [5.74, 6) is 2.58. The van der Waals surface area contributed by atoms with Crippen LogP contribution >= 0.6 is 0 Å². The van der Waals surface area contributed by atoms with Crippen LogP contribution in [0.15, 0.2) is 6.33 Å². The zero-order chi connectivity index (χ0) is 15.8. The second-order valence-corrected chi connectivity index (χ2v) is 6.07. The molecule has 0 aliphatic rings. The summed E-state index contributed by atoms with van der Waals surface area (Å²) in [6.45, 7) is 11.9. The predicted molar refractivity (Wildman–Crippen MR) is 88.7 cm³/mol. The van der Waals surface area contributed by atoms with E-state index >= 15 is 0 Å². The molecule has 6 nitrogen and oxygen atoms in total. The van der Waals surface area contributed by atoms with Gasteiger partial charge in [0.25, 0.3) is 0 Å². The smallest absolute Gasteiger partial charge is 0.157 e. The molecule has 0 aliphatic heterocycles. The van der Waals surface area contributed by atoms with Crippen molar-refractivity contribution in [1.29, 1.82) is 0 Å². The highest BCUT2D eigenvalue weighted by molar-refractivity contribution is 5.74. The fourth-order valence-corrected chi connectivity index (χ4v) is 2.18. The number of nitrogens with one attached hydrogen (secondary N) is 1. The summed E-state index contributed by atoms with van der Waals surface area (Å²) in [5.41, 5.74) is 6.85. The molecule has 0 aliphatic carbocycles. The molecule has 0 saturated carbocycles. The lowest BCUT2D eigenvalue weighted by Gasteiger charge is -2.28. The van der Waals surface area contributed by atoms with Gasteiger partial charge in [-0.2, -0.15) is 0 Å². The van der Waals surface area contributed by atoms with Crippen LogP contribution in [-0.4, -0.2) is 43.3 Å². The normalized spacial score (nSPS) is 11.2. The van der Waals surface area contributed by atoms with Crippen LogP contribution in [0.1, 0.15) is 27.7 Å². The second kappa shape index (κ2) is 8.67. The zero-order valence-electron chi connectivity index (χ0n) is 13.9. The van der Waals surface area contributed by atoms with E-state index in [0.29, 0.717) is 36.5 Å². The van der Waals surface area contributed by atoms with Gasteiger partial charge in [0.05, 0.1) is 6.61 Å². The van der Waals surface area contributed by atoms with Crippen molar-refractivity contribution in [2.75, 3.05) is 49.3 Å². The van der Waals surface area contributed by atoms with Crippen molar-refractivity contribution in [3.05, 3.63) is 6.33 Å². The maximum absolute atomic E-state index is 6.25. The van der Waals surface area contributed by atoms with Crippen molar-refractivity contribution in [2.45, 2.75) is 27.7 Å². The summed E-state index contributed by atoms with van der Waals surface area (Å²) in [6.07, 6.45) is 1.56. The first-order valence-corrected chi connectivity index (χ1v) is 7.53. The molecule has 6 heteroatoms. The maximum Gasteiger partial charge on any atom is 0.157 e. The fourth-order valence-electron chi connectivity index (χ4n) is 2.18. The molecule has 0 aromatic carbocycles. The molecule has 0 radical (unpaired) electrons. The SMILES string of the molecule is COCCNc1ncnc(N(CC(C)C)CC(C)C)c1N. The Labute approximate surface area is 128 Å². The van der Waals surface area contributed by atoms with E-state index in [-0.39, 0.29) is 0 Å². The number of nitrogen functional groups attached to an aromatic ring is 1. The van der Waals surface area contributed by atoms with Crippen molar-refractivity contribution in [3.63, 3.8) is 0 Å². The van der Waals surface area contributed by atoms with Crippen molar-refractivity contribution in [3.8, 4) is 0 Å². The molecule has 0 spiro atoms. The molecular weight excluding hydrogens is 266 g/mol. The minimum atomic E-state index is 0.544. The number of methoxy groups -OCH3 is 1. The molecule has 0 saturated heterocycles. The molecule has 1 aromatic heterocycles. The van der Waals surface area contributed by atoms with Gasteiger partial charge in [-0.05, 0) is 11.8 Å². The van der Waals surface area contributed by atoms with E-state index in [4.69, 9.17) is 10.5 Å². The average molecular weight is 295 g/mol. The summed E-state index contributed by atoms with van der Waals surface area (Å²) in [7, 11) is 1.67. The summed E-state index contributed by atoms with van der Waals surface area (Å²) >= 11 is 0. The number of ether oxygens (including phenoxy) is 1. The number of rotatable bonds is 9. The number of anilines is 3. The number of hydrogen-bond donors (Lipinski definition) is 2. The van der Waals surface area contributed by atoms with E-state index in [2.05, 4.69) is 47.9 Å². The van der Waals surface area contributed by atoms with E-state index in [1.54, 1.807) is 13.4 Å². The maximum atomic E-state index is 6.25. The molecule has 21 heavy (non-hydrogen) atoms. The summed E-state index contributed by atoms with van der Waals surface area (Å²) in [4.78, 5) is 10.9. The Hall–Kier alpha value is -1.56. The van der Waals surface area contributed by atoms with E-state index in [9.17, 15) is 0 Å². The lowest BCUT2D eigenvalue weighted by Crippen LogP contribution is -2.33. The monoisotopic (exact) mass is 295 g/mol. The van der Waals surface area contributed by atoms with Gasteiger partial charge < -0.3 is 20.7 Å². The third-order valence-corrected chi connectivity index (χ3v) is 2.93. The Bertz CT molecular complexity index is 413. The van der Waals surface area contributed by atoms with Crippen LogP contribution in [0.2, 0.25) is 0 Å². The van der Waals surface area contributed by atoms with Gasteiger partial charge in [-0.1, -0.05) is 27.7 Å². The number of nitrogens with two attached hydrogens (primary N) is 1. The van der Waals surface area contributed by atoms with Gasteiger partial charge in [0.2, 0.25) is 0 Å². The highest BCUT2D eigenvalue weighted by Gasteiger charge is 2.17. The summed E-state index contributed by atoms with van der Waals surface area (Å²) < 4.78 is 5.03. The number of nitrogens with zero attached hydrogens (tertiary/aromatic N) is 3. The molecule has 0 unspecified atom stereocenters. The topological polar surface area (TPSA) is 76.3 Å². The molecule has 0 amide bonds. The summed E-state index contributed by atoms with van der Waals surface area (Å²) in [6, 6.07) is 0. The third kappa shape index (κ3) is 5.75. The Kier molecular flexibility index (Phi) is 7.22. The Morgan fingerprint density at radius 2 is 1.81 bits per heavy atom. The van der Waals surface area contributed by atoms with E-state index in [1.165, 1.54) is 0 Å². The molecule has 120 valence electrons. The van der Waals surface area contributed by atoms with Gasteiger partial charge in [-0.3, -0.25) is 0 Å². The minimum absolute atomic E-state index is 0.544. The minimum Gasteiger partial charge on any atom is -0.393 e. The van der Waals surface area contributed by atoms with E-state index in [1.807, 2.05) is 0 Å². The Morgan fingerprint density at radius 3 is 2.33 bits per heavy atom. The fraction of sp³-hybridized carbons (Fsp3) is 0.733. The predicted octanol–water partition coefficient (Wildman–Crippen LogP) is 2.24. The largest absolute Gasteiger partial charge is 0.393 e. The first-order chi connectivity index (χ1) is 9.95. The highest BCUT2D eigenvalue weighted by atomic mass is 16.5. The van der Waals surface area contributed by atoms with Crippen LogP contribution in [0.3, 0.4) is 0 Å². The van der Waals surface area contributed by atoms with Crippen LogP contribution in [0.4, 0.5) is 17.3 Å². The molecule has 1 rings (SSSR count). The van der Waals surface area contributed by atoms with Gasteiger partial charge in [0.1, 0.15) is 12.0 Å². The first-order valence-electron chi connectivity index (χ1n) is 7.53. The molecule has 1 aromatic rings. The third-order valence-electron chi connectivity index (χ3n) is 2.93. The van der Waals surface area contributed by atoms with Gasteiger partial charge in [-0.25, -0.2) is 9.97 Å². The quantitative estimate of drug-likeness (QED) is 0.680. The van der Waals surface area contributed by atoms with E-state index < -0.39 is 0 Å². The summed E-state index contributed by atoms with van der Waals surface area (Å²) in [5, 5.41) is 3.19. The van der Waals surface area contributed by atoms with Gasteiger partial charge in [0.15, 0.2) is 11.6 Å². The molecule has 1 heterocycles. The van der Waals surface area contributed by atoms with Gasteiger partial charge >= 0.3 is 0 Å². The van der Waals surface area contributed by atoms with Crippen LogP contribution in [0, 0.1) is 11.8 Å². The lowest BCUT2D eigenvalue weighted by atomic mass is 10.1. The molecule has 0 fully saturated rings. The van der Waals surface area contributed by atoms with Gasteiger partial charge in [-0.15, -0.1) is 0 Å². The van der Waals surface area contributed by atoms with Crippen LogP contribution in [-0.2, 0) is 4.74 Å². The van der Waals surface area contributed by atoms with Crippen molar-refractivity contribution >= 4 is 17.3 Å². The molecular formula is C15H29N5O. The van der Waals surface area contributed by atoms with Gasteiger partial charge in [0, 0.05) is 26.7 Å². The first kappa shape index (κ1) is 17.5. The van der Waals surface area contributed by atoms with Crippen LogP contribution in [0.5, 0.6) is 0 Å². The van der Waals surface area contributed by atoms with Crippen LogP contribution < -0.4 is 16.0 Å². The number of hydrogen-bond acceptors (Lipinski definition) is 6. The standard InChI is InChI=1S/C15H29N5O/c1-11(2)8-20(9-12(3)4)15-13(16)14(18-10-19-15)17-6-7-21-5/h10-12H,6-9,16H2,1-5H3,(H,17,18,19).